The van der Waals surface area contributed by atoms with Gasteiger partial charge < -0.3 is 15.4 Å². The van der Waals surface area contributed by atoms with Gasteiger partial charge in [0.25, 0.3) is 11.8 Å². The van der Waals surface area contributed by atoms with E-state index in [1.54, 1.807) is 36.4 Å². The van der Waals surface area contributed by atoms with E-state index in [0.717, 1.165) is 0 Å². The first-order valence-electron chi connectivity index (χ1n) is 7.17. The first-order valence-corrected chi connectivity index (χ1v) is 7.93. The van der Waals surface area contributed by atoms with E-state index in [0.29, 0.717) is 26.9 Å². The fraction of sp³-hybridized carbons (Fsp3) is 0.176. The first-order chi connectivity index (χ1) is 11.5. The topological polar surface area (TPSA) is 67.4 Å². The largest absolute Gasteiger partial charge is 0.496 e. The predicted octanol–water partition coefficient (Wildman–Crippen LogP) is 3.16. The van der Waals surface area contributed by atoms with E-state index in [4.69, 9.17) is 27.9 Å². The van der Waals surface area contributed by atoms with Crippen molar-refractivity contribution >= 4 is 35.0 Å². The highest BCUT2D eigenvalue weighted by Crippen LogP contribution is 2.22. The maximum atomic E-state index is 12.2. The summed E-state index contributed by atoms with van der Waals surface area (Å²) in [6, 6.07) is 11.5. The number of methoxy groups -OCH3 is 1. The van der Waals surface area contributed by atoms with Crippen LogP contribution in [0.3, 0.4) is 0 Å². The van der Waals surface area contributed by atoms with Crippen LogP contribution in [0.4, 0.5) is 0 Å². The maximum absolute atomic E-state index is 12.2. The molecule has 0 fully saturated rings. The van der Waals surface area contributed by atoms with Crippen LogP contribution in [0.1, 0.15) is 20.7 Å². The lowest BCUT2D eigenvalue weighted by atomic mass is 10.2. The Hall–Kier alpha value is -2.24. The molecular weight excluding hydrogens is 351 g/mol. The number of ether oxygens (including phenoxy) is 1. The summed E-state index contributed by atoms with van der Waals surface area (Å²) >= 11 is 11.9. The lowest BCUT2D eigenvalue weighted by Gasteiger charge is -2.10. The van der Waals surface area contributed by atoms with Gasteiger partial charge in [-0.15, -0.1) is 0 Å². The van der Waals surface area contributed by atoms with Gasteiger partial charge in [0.2, 0.25) is 0 Å². The summed E-state index contributed by atoms with van der Waals surface area (Å²) in [5.41, 5.74) is 0.726. The van der Waals surface area contributed by atoms with Crippen molar-refractivity contribution in [1.82, 2.24) is 10.6 Å². The summed E-state index contributed by atoms with van der Waals surface area (Å²) in [5, 5.41) is 6.20. The van der Waals surface area contributed by atoms with Crippen LogP contribution >= 0.6 is 23.2 Å². The SMILES string of the molecule is COc1ccc(Cl)cc1C(=O)NCCNC(=O)c1ccccc1Cl. The summed E-state index contributed by atoms with van der Waals surface area (Å²) in [5.74, 6) is -0.200. The third-order valence-corrected chi connectivity index (χ3v) is 3.79. The van der Waals surface area contributed by atoms with Crippen molar-refractivity contribution in [3.8, 4) is 5.75 Å². The van der Waals surface area contributed by atoms with E-state index in [9.17, 15) is 9.59 Å². The Bertz CT molecular complexity index is 750. The van der Waals surface area contributed by atoms with Crippen molar-refractivity contribution in [2.45, 2.75) is 0 Å². The van der Waals surface area contributed by atoms with Crippen LogP contribution < -0.4 is 15.4 Å². The summed E-state index contributed by atoms with van der Waals surface area (Å²) in [6.45, 7) is 0.517. The number of nitrogens with one attached hydrogen (secondary N) is 2. The molecule has 0 saturated heterocycles. The van der Waals surface area contributed by atoms with Gasteiger partial charge in [-0.1, -0.05) is 35.3 Å². The van der Waals surface area contributed by atoms with Crippen LogP contribution in [-0.4, -0.2) is 32.0 Å². The van der Waals surface area contributed by atoms with Gasteiger partial charge in [-0.25, -0.2) is 0 Å². The standard InChI is InChI=1S/C17H16Cl2N2O3/c1-24-15-7-6-11(18)10-13(15)17(23)21-9-8-20-16(22)12-4-2-3-5-14(12)19/h2-7,10H,8-9H2,1H3,(H,20,22)(H,21,23). The molecule has 7 heteroatoms. The minimum absolute atomic E-state index is 0.255. The predicted molar refractivity (Wildman–Crippen MR) is 94.1 cm³/mol. The highest BCUT2D eigenvalue weighted by molar-refractivity contribution is 6.33. The average Bonchev–Trinajstić information content (AvgIpc) is 2.58. The number of benzene rings is 2. The number of halogens is 2. The average molecular weight is 367 g/mol. The molecule has 0 aliphatic rings. The van der Waals surface area contributed by atoms with Crippen molar-refractivity contribution < 1.29 is 14.3 Å². The third-order valence-electron chi connectivity index (χ3n) is 3.22. The van der Waals surface area contributed by atoms with Gasteiger partial charge in [0.15, 0.2) is 0 Å². The van der Waals surface area contributed by atoms with E-state index in [-0.39, 0.29) is 24.9 Å². The summed E-state index contributed by atoms with van der Waals surface area (Å²) in [4.78, 5) is 24.1. The summed E-state index contributed by atoms with van der Waals surface area (Å²) < 4.78 is 5.13. The van der Waals surface area contributed by atoms with E-state index >= 15 is 0 Å². The Labute approximate surface area is 149 Å². The van der Waals surface area contributed by atoms with Crippen molar-refractivity contribution in [1.29, 1.82) is 0 Å². The van der Waals surface area contributed by atoms with Crippen LogP contribution in [0, 0.1) is 0 Å². The van der Waals surface area contributed by atoms with Gasteiger partial charge in [0.1, 0.15) is 5.75 Å². The molecule has 24 heavy (non-hydrogen) atoms. The number of carbonyl (C=O) groups excluding carboxylic acids is 2. The highest BCUT2D eigenvalue weighted by Gasteiger charge is 2.13. The van der Waals surface area contributed by atoms with Crippen LogP contribution in [0.5, 0.6) is 5.75 Å². The zero-order valence-electron chi connectivity index (χ0n) is 12.9. The van der Waals surface area contributed by atoms with Gasteiger partial charge in [0.05, 0.1) is 23.3 Å². The van der Waals surface area contributed by atoms with Gasteiger partial charge in [-0.3, -0.25) is 9.59 Å². The van der Waals surface area contributed by atoms with Crippen molar-refractivity contribution in [3.05, 3.63) is 63.6 Å². The molecule has 0 saturated carbocycles. The van der Waals surface area contributed by atoms with Crippen LogP contribution in [0.2, 0.25) is 10.0 Å². The van der Waals surface area contributed by atoms with Gasteiger partial charge >= 0.3 is 0 Å². The fourth-order valence-electron chi connectivity index (χ4n) is 2.05. The molecule has 2 N–H and O–H groups in total. The normalized spacial score (nSPS) is 10.1. The number of carbonyl (C=O) groups is 2. The molecule has 2 aromatic rings. The minimum Gasteiger partial charge on any atom is -0.496 e. The second-order valence-electron chi connectivity index (χ2n) is 4.84. The Morgan fingerprint density at radius 1 is 0.958 bits per heavy atom. The van der Waals surface area contributed by atoms with Gasteiger partial charge in [-0.2, -0.15) is 0 Å². The molecule has 0 unspecified atom stereocenters. The maximum Gasteiger partial charge on any atom is 0.255 e. The monoisotopic (exact) mass is 366 g/mol. The number of hydrogen-bond donors (Lipinski definition) is 2. The van der Waals surface area contributed by atoms with Gasteiger partial charge in [-0.05, 0) is 30.3 Å². The van der Waals surface area contributed by atoms with Crippen LogP contribution in [0.25, 0.3) is 0 Å². The summed E-state index contributed by atoms with van der Waals surface area (Å²) in [6.07, 6.45) is 0. The zero-order chi connectivity index (χ0) is 17.5. The molecule has 0 bridgehead atoms. The molecular formula is C17H16Cl2N2O3. The van der Waals surface area contributed by atoms with Crippen molar-refractivity contribution in [2.24, 2.45) is 0 Å². The Morgan fingerprint density at radius 2 is 1.58 bits per heavy atom. The quantitative estimate of drug-likeness (QED) is 0.771. The smallest absolute Gasteiger partial charge is 0.255 e. The number of amides is 2. The molecule has 2 amide bonds. The highest BCUT2D eigenvalue weighted by atomic mass is 35.5. The van der Waals surface area contributed by atoms with Gasteiger partial charge in [0, 0.05) is 18.1 Å². The minimum atomic E-state index is -0.332. The molecule has 2 rings (SSSR count). The Morgan fingerprint density at radius 3 is 2.21 bits per heavy atom. The third kappa shape index (κ3) is 4.63. The molecule has 0 atom stereocenters. The van der Waals surface area contributed by atoms with E-state index < -0.39 is 0 Å². The summed E-state index contributed by atoms with van der Waals surface area (Å²) in [7, 11) is 1.48. The fourth-order valence-corrected chi connectivity index (χ4v) is 2.44. The lowest BCUT2D eigenvalue weighted by molar-refractivity contribution is 0.0926. The molecule has 0 heterocycles. The van der Waals surface area contributed by atoms with E-state index in [1.807, 2.05) is 0 Å². The molecule has 0 spiro atoms. The second kappa shape index (κ2) is 8.57. The van der Waals surface area contributed by atoms with Crippen LogP contribution in [0.15, 0.2) is 42.5 Å². The molecule has 0 aliphatic heterocycles. The number of hydrogen-bond acceptors (Lipinski definition) is 3. The Kier molecular flexibility index (Phi) is 6.46. The van der Waals surface area contributed by atoms with E-state index in [1.165, 1.54) is 13.2 Å². The van der Waals surface area contributed by atoms with Crippen molar-refractivity contribution in [3.63, 3.8) is 0 Å². The lowest BCUT2D eigenvalue weighted by Crippen LogP contribution is -2.34. The molecule has 5 nitrogen and oxygen atoms in total. The van der Waals surface area contributed by atoms with Crippen molar-refractivity contribution in [2.75, 3.05) is 20.2 Å². The van der Waals surface area contributed by atoms with E-state index in [2.05, 4.69) is 10.6 Å². The molecule has 0 aliphatic carbocycles. The molecule has 2 aromatic carbocycles. The number of rotatable bonds is 6. The molecule has 0 radical (unpaired) electrons. The first kappa shape index (κ1) is 18.1. The van der Waals surface area contributed by atoms with Crippen LogP contribution in [-0.2, 0) is 0 Å². The second-order valence-corrected chi connectivity index (χ2v) is 5.68. The zero-order valence-corrected chi connectivity index (χ0v) is 14.4. The molecule has 126 valence electrons. The Balaban J connectivity index is 1.86. The molecule has 0 aromatic heterocycles.